The van der Waals surface area contributed by atoms with Crippen molar-refractivity contribution in [3.8, 4) is 71.0 Å². The predicted molar refractivity (Wildman–Crippen MR) is 243 cm³/mol. The molecule has 0 radical (unpaired) electrons. The molecule has 0 aromatic heterocycles. The summed E-state index contributed by atoms with van der Waals surface area (Å²) in [6.07, 6.45) is 0. The number of benzene rings is 6. The van der Waals surface area contributed by atoms with E-state index in [4.69, 9.17) is 14.2 Å². The van der Waals surface area contributed by atoms with Crippen LogP contribution >= 0.6 is 0 Å². The third-order valence-electron chi connectivity index (χ3n) is 10.6. The van der Waals surface area contributed by atoms with Crippen LogP contribution in [0.2, 0.25) is 0 Å². The van der Waals surface area contributed by atoms with Gasteiger partial charge in [-0.3, -0.25) is 0 Å². The summed E-state index contributed by atoms with van der Waals surface area (Å²) in [6, 6.07) is 53.3. The van der Waals surface area contributed by atoms with Crippen molar-refractivity contribution in [3.05, 3.63) is 215 Å². The number of rotatable bonds is 9. The lowest BCUT2D eigenvalue weighted by Gasteiger charge is -2.26. The van der Waals surface area contributed by atoms with Gasteiger partial charge in [-0.25, -0.2) is 0 Å². The average Bonchev–Trinajstić information content (AvgIpc) is 3.36. The first kappa shape index (κ1) is 43.5. The largest absolute Gasteiger partial charge is 0.364 e. The first-order valence-corrected chi connectivity index (χ1v) is 20.0. The van der Waals surface area contributed by atoms with Crippen LogP contribution in [-0.4, -0.2) is 36.6 Å². The highest BCUT2D eigenvalue weighted by molar-refractivity contribution is 5.56. The van der Waals surface area contributed by atoms with Crippen LogP contribution in [0, 0.1) is 71.0 Å². The van der Waals surface area contributed by atoms with Gasteiger partial charge in [-0.05, 0) is 71.0 Å². The van der Waals surface area contributed by atoms with Crippen molar-refractivity contribution < 1.29 is 29.5 Å². The van der Waals surface area contributed by atoms with Gasteiger partial charge in [0.2, 0.25) is 33.6 Å². The van der Waals surface area contributed by atoms with Crippen LogP contribution in [0.5, 0.6) is 0 Å². The Hall–Kier alpha value is -7.56. The Morgan fingerprint density at radius 3 is 0.571 bits per heavy atom. The van der Waals surface area contributed by atoms with Crippen molar-refractivity contribution in [2.45, 2.75) is 33.6 Å². The van der Waals surface area contributed by atoms with Crippen LogP contribution < -0.4 is 0 Å². The van der Waals surface area contributed by atoms with Crippen molar-refractivity contribution >= 4 is 0 Å². The standard InChI is InChI=1S/C57H42O6/c1-61-55(49-28-16-7-17-29-49)40-34-52(58,46-22-10-4-11-23-46)36-42-56(62-2,50-30-18-8-19-31-50)44-38-54(60,48-26-14-6-15-27-48)39-45-57(63-3,51-32-20-9-21-33-51)43-37-53(59,35-41-55)47-24-12-5-13-25-47/h4-33,58-60H,1-3H3. The van der Waals surface area contributed by atoms with Crippen LogP contribution in [0.15, 0.2) is 182 Å². The first-order chi connectivity index (χ1) is 30.6. The molecule has 6 heteroatoms. The second-order valence-corrected chi connectivity index (χ2v) is 14.5. The van der Waals surface area contributed by atoms with E-state index in [2.05, 4.69) is 71.0 Å². The second-order valence-electron chi connectivity index (χ2n) is 14.5. The zero-order valence-corrected chi connectivity index (χ0v) is 34.9. The minimum absolute atomic E-state index is 0.339. The number of methoxy groups -OCH3 is 3. The van der Waals surface area contributed by atoms with Gasteiger partial charge in [0, 0.05) is 54.7 Å². The van der Waals surface area contributed by atoms with Gasteiger partial charge >= 0.3 is 0 Å². The summed E-state index contributed by atoms with van der Waals surface area (Å²) in [4.78, 5) is 0. The van der Waals surface area contributed by atoms with Crippen LogP contribution in [0.1, 0.15) is 33.4 Å². The molecule has 0 bridgehead atoms. The van der Waals surface area contributed by atoms with E-state index in [-0.39, 0.29) is 0 Å². The minimum atomic E-state index is -2.19. The molecule has 6 aromatic rings. The Morgan fingerprint density at radius 1 is 0.254 bits per heavy atom. The highest BCUT2D eigenvalue weighted by Gasteiger charge is 2.37. The number of ether oxygens (including phenoxy) is 3. The predicted octanol–water partition coefficient (Wildman–Crippen LogP) is 7.31. The summed E-state index contributed by atoms with van der Waals surface area (Å²) in [5.74, 6) is 36.9. The topological polar surface area (TPSA) is 88.4 Å². The highest BCUT2D eigenvalue weighted by atomic mass is 16.5. The van der Waals surface area contributed by atoms with Gasteiger partial charge in [-0.1, -0.05) is 182 Å². The second kappa shape index (κ2) is 18.6. The lowest BCUT2D eigenvalue weighted by Crippen LogP contribution is -2.32. The molecule has 7 rings (SSSR count). The van der Waals surface area contributed by atoms with Crippen LogP contribution in [0.4, 0.5) is 0 Å². The highest BCUT2D eigenvalue weighted by Crippen LogP contribution is 2.32. The third-order valence-corrected chi connectivity index (χ3v) is 10.6. The molecular formula is C57H42O6. The van der Waals surface area contributed by atoms with Crippen molar-refractivity contribution in [1.82, 2.24) is 0 Å². The Balaban J connectivity index is 1.65. The zero-order valence-electron chi connectivity index (χ0n) is 34.9. The lowest BCUT2D eigenvalue weighted by molar-refractivity contribution is 0.0842. The molecule has 1 aliphatic rings. The molecule has 3 N–H and O–H groups in total. The van der Waals surface area contributed by atoms with E-state index in [1.807, 2.05) is 72.8 Å². The molecule has 0 amide bonds. The smallest absolute Gasteiger partial charge is 0.216 e. The maximum absolute atomic E-state index is 12.7. The molecule has 6 nitrogen and oxygen atoms in total. The average molecular weight is 823 g/mol. The monoisotopic (exact) mass is 822 g/mol. The molecule has 0 atom stereocenters. The molecule has 0 heterocycles. The van der Waals surface area contributed by atoms with Crippen LogP contribution in [-0.2, 0) is 47.8 Å². The maximum Gasteiger partial charge on any atom is 0.216 e. The molecular weight excluding hydrogens is 781 g/mol. The number of aliphatic hydroxyl groups is 3. The van der Waals surface area contributed by atoms with Crippen LogP contribution in [0.3, 0.4) is 0 Å². The summed E-state index contributed by atoms with van der Waals surface area (Å²) >= 11 is 0. The lowest BCUT2D eigenvalue weighted by atomic mass is 9.85. The summed E-state index contributed by atoms with van der Waals surface area (Å²) in [6.45, 7) is 0. The van der Waals surface area contributed by atoms with E-state index in [9.17, 15) is 15.3 Å². The summed E-state index contributed by atoms with van der Waals surface area (Å²) in [5.41, 5.74) is -9.30. The molecule has 306 valence electrons. The van der Waals surface area contributed by atoms with Crippen LogP contribution in [0.25, 0.3) is 0 Å². The van der Waals surface area contributed by atoms with E-state index >= 15 is 0 Å². The number of hydrogen-bond donors (Lipinski definition) is 3. The summed E-state index contributed by atoms with van der Waals surface area (Å²) in [5, 5.41) is 38.2. The molecule has 6 aromatic carbocycles. The fraction of sp³-hybridized carbons (Fsp3) is 0.158. The Labute approximate surface area is 369 Å². The first-order valence-electron chi connectivity index (χ1n) is 20.0. The van der Waals surface area contributed by atoms with Gasteiger partial charge < -0.3 is 29.5 Å². The van der Waals surface area contributed by atoms with E-state index in [0.29, 0.717) is 33.4 Å². The van der Waals surface area contributed by atoms with E-state index < -0.39 is 33.6 Å². The van der Waals surface area contributed by atoms with E-state index in [1.165, 1.54) is 21.3 Å². The Bertz CT molecular complexity index is 2530. The van der Waals surface area contributed by atoms with Gasteiger partial charge in [0.05, 0.1) is 0 Å². The third kappa shape index (κ3) is 9.22. The van der Waals surface area contributed by atoms with Crippen molar-refractivity contribution in [3.63, 3.8) is 0 Å². The molecule has 0 aliphatic heterocycles. The van der Waals surface area contributed by atoms with Crippen molar-refractivity contribution in [1.29, 1.82) is 0 Å². The van der Waals surface area contributed by atoms with Crippen molar-refractivity contribution in [2.24, 2.45) is 0 Å². The van der Waals surface area contributed by atoms with Gasteiger partial charge in [-0.2, -0.15) is 0 Å². The minimum Gasteiger partial charge on any atom is -0.364 e. The van der Waals surface area contributed by atoms with Gasteiger partial charge in [0.25, 0.3) is 0 Å². The zero-order chi connectivity index (χ0) is 44.3. The van der Waals surface area contributed by atoms with Gasteiger partial charge in [0.15, 0.2) is 0 Å². The fourth-order valence-electron chi connectivity index (χ4n) is 6.84. The SMILES string of the molecule is COC1(c2ccccc2)C#CC(O)(c2ccccc2)C#CC(OC)(c2ccccc2)C#CC(O)(c2ccccc2)C#CC(OC)(c2ccccc2)C#CC(O)(c2ccccc2)C#C1. The Kier molecular flexibility index (Phi) is 12.8. The molecule has 0 unspecified atom stereocenters. The van der Waals surface area contributed by atoms with E-state index in [0.717, 1.165) is 0 Å². The summed E-state index contributed by atoms with van der Waals surface area (Å²) < 4.78 is 18.6. The van der Waals surface area contributed by atoms with Gasteiger partial charge in [-0.15, -0.1) is 0 Å². The quantitative estimate of drug-likeness (QED) is 0.133. The molecule has 63 heavy (non-hydrogen) atoms. The molecule has 0 fully saturated rings. The molecule has 1 aliphatic carbocycles. The fourth-order valence-corrected chi connectivity index (χ4v) is 6.84. The molecule has 0 spiro atoms. The Morgan fingerprint density at radius 2 is 0.413 bits per heavy atom. The normalized spacial score (nSPS) is 26.2. The van der Waals surface area contributed by atoms with Crippen molar-refractivity contribution in [2.75, 3.05) is 21.3 Å². The summed E-state index contributed by atoms with van der Waals surface area (Å²) in [7, 11) is 4.33. The molecule has 0 saturated heterocycles. The number of hydrogen-bond acceptors (Lipinski definition) is 6. The van der Waals surface area contributed by atoms with E-state index in [1.54, 1.807) is 109 Å². The molecule has 0 saturated carbocycles. The van der Waals surface area contributed by atoms with Gasteiger partial charge in [0.1, 0.15) is 0 Å². The maximum atomic E-state index is 12.7.